The molecular weight excluding hydrogens is 378 g/mol. The fourth-order valence-corrected chi connectivity index (χ4v) is 3.37. The molecule has 0 bridgehead atoms. The fourth-order valence-electron chi connectivity index (χ4n) is 2.24. The zero-order valence-corrected chi connectivity index (χ0v) is 15.1. The summed E-state index contributed by atoms with van der Waals surface area (Å²) in [7, 11) is 0. The third-order valence-corrected chi connectivity index (χ3v) is 4.94. The fraction of sp³-hybridized carbons (Fsp3) is 0.286. The van der Waals surface area contributed by atoms with E-state index in [1.165, 1.54) is 39.9 Å². The number of carbonyl (C=O) groups excluding carboxylic acids is 1. The number of non-ortho nitro benzene ring substituents is 1. The van der Waals surface area contributed by atoms with Crippen molar-refractivity contribution in [3.8, 4) is 6.19 Å². The van der Waals surface area contributed by atoms with E-state index >= 15 is 0 Å². The van der Waals surface area contributed by atoms with Gasteiger partial charge >= 0.3 is 0 Å². The number of hydrazine groups is 1. The molecule has 0 radical (unpaired) electrons. The summed E-state index contributed by atoms with van der Waals surface area (Å²) in [4.78, 5) is 27.4. The molecule has 2 rings (SSSR count). The number of nitrogens with zero attached hydrogens (tertiary/aromatic N) is 5. The number of nitrogens with two attached hydrogens (primary N) is 2. The summed E-state index contributed by atoms with van der Waals surface area (Å²) in [6.45, 7) is 0.613. The number of nitriles is 1. The molecule has 0 unspecified atom stereocenters. The van der Waals surface area contributed by atoms with Crippen LogP contribution in [0.1, 0.15) is 12.0 Å². The monoisotopic (exact) mass is 393 g/mol. The first-order chi connectivity index (χ1) is 12.3. The number of nitro groups is 1. The van der Waals surface area contributed by atoms with Crippen LogP contribution in [-0.2, 0) is 4.79 Å². The maximum Gasteiger partial charge on any atom is 0.270 e. The highest BCUT2D eigenvalue weighted by Crippen LogP contribution is 2.22. The van der Waals surface area contributed by atoms with Crippen LogP contribution in [0, 0.1) is 21.6 Å². The summed E-state index contributed by atoms with van der Waals surface area (Å²) in [6, 6.07) is 3.96. The molecule has 26 heavy (non-hydrogen) atoms. The lowest BCUT2D eigenvalue weighted by Crippen LogP contribution is -2.40. The van der Waals surface area contributed by atoms with Crippen molar-refractivity contribution in [1.82, 2.24) is 9.91 Å². The molecule has 4 N–H and O–H groups in total. The molecule has 1 amide bonds. The number of thioether (sulfide) groups is 1. The Balaban J connectivity index is 1.99. The number of anilines is 1. The van der Waals surface area contributed by atoms with Gasteiger partial charge < -0.3 is 10.7 Å². The molecule has 1 aliphatic rings. The van der Waals surface area contributed by atoms with Crippen molar-refractivity contribution in [3.05, 3.63) is 33.9 Å². The minimum atomic E-state index is -0.543. The van der Waals surface area contributed by atoms with Gasteiger partial charge in [-0.05, 0) is 12.5 Å². The van der Waals surface area contributed by atoms with Crippen molar-refractivity contribution in [2.45, 2.75) is 6.42 Å². The lowest BCUT2D eigenvalue weighted by atomic mass is 10.1. The number of aliphatic imine (C=N–C) groups is 1. The summed E-state index contributed by atoms with van der Waals surface area (Å²) in [5.41, 5.74) is 6.28. The summed E-state index contributed by atoms with van der Waals surface area (Å²) >= 11 is 6.46. The Morgan fingerprint density at radius 2 is 2.31 bits per heavy atom. The number of hydrogen-bond acceptors (Lipinski definition) is 9. The van der Waals surface area contributed by atoms with E-state index in [0.717, 1.165) is 0 Å². The van der Waals surface area contributed by atoms with Gasteiger partial charge in [-0.25, -0.2) is 5.84 Å². The number of thiocarbonyl (C=S) groups is 1. The SMILES string of the molecule is N#CN=C1SCC(=O)N1CCCN(N)C(=S)c1cc([N+](=O)[O-])ccc1N. The van der Waals surface area contributed by atoms with Crippen LogP contribution >= 0.6 is 24.0 Å². The van der Waals surface area contributed by atoms with Crippen LogP contribution in [0.25, 0.3) is 0 Å². The van der Waals surface area contributed by atoms with Gasteiger partial charge in [-0.15, -0.1) is 4.99 Å². The van der Waals surface area contributed by atoms with Crippen LogP contribution in [-0.4, -0.2) is 49.7 Å². The highest BCUT2D eigenvalue weighted by Gasteiger charge is 2.28. The minimum absolute atomic E-state index is 0.127. The lowest BCUT2D eigenvalue weighted by molar-refractivity contribution is -0.384. The van der Waals surface area contributed by atoms with Gasteiger partial charge in [0.05, 0.1) is 10.7 Å². The summed E-state index contributed by atoms with van der Waals surface area (Å²) in [5, 5.41) is 21.1. The molecule has 136 valence electrons. The number of amides is 1. The molecule has 12 heteroatoms. The van der Waals surface area contributed by atoms with Gasteiger partial charge in [0.25, 0.3) is 5.69 Å². The zero-order chi connectivity index (χ0) is 19.3. The number of carbonyl (C=O) groups is 1. The summed E-state index contributed by atoms with van der Waals surface area (Å²) < 4.78 is 0. The highest BCUT2D eigenvalue weighted by molar-refractivity contribution is 8.15. The van der Waals surface area contributed by atoms with Gasteiger partial charge in [0.1, 0.15) is 4.99 Å². The van der Waals surface area contributed by atoms with Crippen LogP contribution in [0.4, 0.5) is 11.4 Å². The quantitative estimate of drug-likeness (QED) is 0.178. The molecule has 0 saturated carbocycles. The molecule has 0 aliphatic carbocycles. The first-order valence-electron chi connectivity index (χ1n) is 7.35. The molecular formula is C14H15N7O3S2. The molecule has 1 aromatic carbocycles. The van der Waals surface area contributed by atoms with Gasteiger partial charge in [0, 0.05) is 36.5 Å². The van der Waals surface area contributed by atoms with E-state index in [-0.39, 0.29) is 34.6 Å². The first-order valence-corrected chi connectivity index (χ1v) is 8.75. The molecule has 1 fully saturated rings. The van der Waals surface area contributed by atoms with Crippen LogP contribution in [0.2, 0.25) is 0 Å². The van der Waals surface area contributed by atoms with E-state index < -0.39 is 4.92 Å². The Labute approximate surface area is 158 Å². The Morgan fingerprint density at radius 3 is 2.96 bits per heavy atom. The van der Waals surface area contributed by atoms with E-state index in [1.54, 1.807) is 6.19 Å². The Hall–Kier alpha value is -2.75. The number of benzene rings is 1. The standard InChI is InChI=1S/C14H15N7O3S2/c15-8-18-14-19(12(22)7-26-14)4-1-5-20(17)13(25)10-6-9(21(23)24)2-3-11(10)16/h2-3,6H,1,4-5,7,16-17H2. The Bertz CT molecular complexity index is 821. The van der Waals surface area contributed by atoms with Crippen LogP contribution in [0.5, 0.6) is 0 Å². The number of nitrogen functional groups attached to an aromatic ring is 1. The molecule has 10 nitrogen and oxygen atoms in total. The number of hydrogen-bond donors (Lipinski definition) is 2. The van der Waals surface area contributed by atoms with Gasteiger partial charge in [-0.3, -0.25) is 19.8 Å². The number of nitro benzene ring substituents is 1. The van der Waals surface area contributed by atoms with E-state index in [2.05, 4.69) is 4.99 Å². The predicted molar refractivity (Wildman–Crippen MR) is 102 cm³/mol. The van der Waals surface area contributed by atoms with Gasteiger partial charge in [0.2, 0.25) is 12.1 Å². The molecule has 1 saturated heterocycles. The molecule has 0 spiro atoms. The van der Waals surface area contributed by atoms with Gasteiger partial charge in [0.15, 0.2) is 5.17 Å². The van der Waals surface area contributed by atoms with Crippen LogP contribution in [0.3, 0.4) is 0 Å². The van der Waals surface area contributed by atoms with Crippen molar-refractivity contribution in [1.29, 1.82) is 5.26 Å². The van der Waals surface area contributed by atoms with Crippen LogP contribution in [0.15, 0.2) is 23.2 Å². The van der Waals surface area contributed by atoms with Crippen molar-refractivity contribution < 1.29 is 9.72 Å². The van der Waals surface area contributed by atoms with E-state index in [4.69, 9.17) is 29.1 Å². The van der Waals surface area contributed by atoms with Crippen molar-refractivity contribution >= 4 is 51.4 Å². The van der Waals surface area contributed by atoms with Crippen molar-refractivity contribution in [2.24, 2.45) is 10.8 Å². The average molecular weight is 393 g/mol. The first kappa shape index (κ1) is 19.6. The summed E-state index contributed by atoms with van der Waals surface area (Å²) in [5.74, 6) is 6.05. The lowest BCUT2D eigenvalue weighted by Gasteiger charge is -2.22. The second-order valence-electron chi connectivity index (χ2n) is 5.21. The second-order valence-corrected chi connectivity index (χ2v) is 6.54. The maximum atomic E-state index is 11.8. The van der Waals surface area contributed by atoms with Crippen LogP contribution < -0.4 is 11.6 Å². The second kappa shape index (κ2) is 8.56. The Morgan fingerprint density at radius 1 is 1.58 bits per heavy atom. The van der Waals surface area contributed by atoms with Gasteiger partial charge in [-0.2, -0.15) is 5.26 Å². The zero-order valence-electron chi connectivity index (χ0n) is 13.5. The maximum absolute atomic E-state index is 11.8. The predicted octanol–water partition coefficient (Wildman–Crippen LogP) is 0.831. The highest BCUT2D eigenvalue weighted by atomic mass is 32.2. The third kappa shape index (κ3) is 4.45. The smallest absolute Gasteiger partial charge is 0.270 e. The molecule has 1 aromatic rings. The third-order valence-electron chi connectivity index (χ3n) is 3.52. The van der Waals surface area contributed by atoms with Gasteiger partial charge in [-0.1, -0.05) is 24.0 Å². The Kier molecular flexibility index (Phi) is 6.45. The number of rotatable bonds is 6. The van der Waals surface area contributed by atoms with Crippen molar-refractivity contribution in [3.63, 3.8) is 0 Å². The minimum Gasteiger partial charge on any atom is -0.398 e. The van der Waals surface area contributed by atoms with E-state index in [1.807, 2.05) is 0 Å². The van der Waals surface area contributed by atoms with Crippen molar-refractivity contribution in [2.75, 3.05) is 24.6 Å². The largest absolute Gasteiger partial charge is 0.398 e. The average Bonchev–Trinajstić information content (AvgIpc) is 2.95. The topological polar surface area (TPSA) is 155 Å². The summed E-state index contributed by atoms with van der Waals surface area (Å²) in [6.07, 6.45) is 2.13. The van der Waals surface area contributed by atoms with E-state index in [9.17, 15) is 14.9 Å². The molecule has 1 aliphatic heterocycles. The molecule has 0 aromatic heterocycles. The number of amidine groups is 1. The molecule has 0 atom stereocenters. The molecule has 1 heterocycles. The van der Waals surface area contributed by atoms with E-state index in [0.29, 0.717) is 23.7 Å². The normalized spacial score (nSPS) is 15.2.